The van der Waals surface area contributed by atoms with E-state index in [0.29, 0.717) is 6.61 Å². The lowest BCUT2D eigenvalue weighted by molar-refractivity contribution is 0.340. The Morgan fingerprint density at radius 3 is 2.25 bits per heavy atom. The summed E-state index contributed by atoms with van der Waals surface area (Å²) in [6.07, 6.45) is 0. The molecule has 0 saturated carbocycles. The molecule has 0 fully saturated rings. The van der Waals surface area contributed by atoms with Crippen molar-refractivity contribution in [3.05, 3.63) is 51.7 Å². The summed E-state index contributed by atoms with van der Waals surface area (Å²) in [5.41, 5.74) is 1.48. The number of hydrogen-bond acceptors (Lipinski definition) is 2. The third kappa shape index (κ3) is 3.64. The summed E-state index contributed by atoms with van der Waals surface area (Å²) in [6.45, 7) is 9.46. The Kier molecular flexibility index (Phi) is 4.92. The number of ether oxygens (including phenoxy) is 1. The van der Waals surface area contributed by atoms with E-state index in [1.165, 1.54) is 15.3 Å². The zero-order valence-electron chi connectivity index (χ0n) is 12.4. The van der Waals surface area contributed by atoms with Crippen molar-refractivity contribution >= 4 is 27.3 Å². The Balaban J connectivity index is 2.18. The fourth-order valence-corrected chi connectivity index (χ4v) is 3.77. The van der Waals surface area contributed by atoms with Gasteiger partial charge in [0, 0.05) is 9.75 Å². The summed E-state index contributed by atoms with van der Waals surface area (Å²) >= 11 is 5.69. The van der Waals surface area contributed by atoms with Gasteiger partial charge in [-0.05, 0) is 42.2 Å². The second-order valence-electron chi connectivity index (χ2n) is 5.82. The highest BCUT2D eigenvalue weighted by Crippen LogP contribution is 2.39. The maximum absolute atomic E-state index is 5.48. The number of halogens is 1. The zero-order valence-corrected chi connectivity index (χ0v) is 14.8. The number of benzene rings is 1. The van der Waals surface area contributed by atoms with Gasteiger partial charge >= 0.3 is 0 Å². The van der Waals surface area contributed by atoms with Gasteiger partial charge in [-0.15, -0.1) is 11.3 Å². The van der Waals surface area contributed by atoms with E-state index >= 15 is 0 Å². The molecule has 0 amide bonds. The van der Waals surface area contributed by atoms with Crippen molar-refractivity contribution in [2.24, 2.45) is 0 Å². The van der Waals surface area contributed by atoms with Crippen LogP contribution < -0.4 is 4.74 Å². The standard InChI is InChI=1S/C17H21BrOS/c1-5-19-13-8-6-12(7-9-13)16(18)14-10-11-15(20-14)17(2,3)4/h6-11,16H,5H2,1-4H3. The molecule has 1 atom stereocenters. The molecule has 0 bridgehead atoms. The quantitative estimate of drug-likeness (QED) is 0.619. The van der Waals surface area contributed by atoms with Gasteiger partial charge in [0.2, 0.25) is 0 Å². The lowest BCUT2D eigenvalue weighted by atomic mass is 9.95. The predicted molar refractivity (Wildman–Crippen MR) is 91.4 cm³/mol. The van der Waals surface area contributed by atoms with E-state index in [1.807, 2.05) is 30.4 Å². The molecule has 3 heteroatoms. The van der Waals surface area contributed by atoms with Crippen molar-refractivity contribution < 1.29 is 4.74 Å². The first-order valence-electron chi connectivity index (χ1n) is 6.89. The van der Waals surface area contributed by atoms with Crippen LogP contribution in [0.15, 0.2) is 36.4 Å². The minimum absolute atomic E-state index is 0.217. The molecule has 1 nitrogen and oxygen atoms in total. The number of hydrogen-bond donors (Lipinski definition) is 0. The molecular formula is C17H21BrOS. The van der Waals surface area contributed by atoms with Crippen LogP contribution in [0.4, 0.5) is 0 Å². The predicted octanol–water partition coefficient (Wildman–Crippen LogP) is 5.93. The second-order valence-corrected chi connectivity index (χ2v) is 7.85. The second kappa shape index (κ2) is 6.31. The van der Waals surface area contributed by atoms with E-state index in [4.69, 9.17) is 4.74 Å². The minimum Gasteiger partial charge on any atom is -0.494 e. The van der Waals surface area contributed by atoms with Gasteiger partial charge in [0.15, 0.2) is 0 Å². The first-order valence-corrected chi connectivity index (χ1v) is 8.62. The average molecular weight is 353 g/mol. The molecule has 1 unspecified atom stereocenters. The van der Waals surface area contributed by atoms with Crippen LogP contribution in [0.5, 0.6) is 5.75 Å². The van der Waals surface area contributed by atoms with Crippen LogP contribution in [-0.4, -0.2) is 6.61 Å². The average Bonchev–Trinajstić information content (AvgIpc) is 2.89. The van der Waals surface area contributed by atoms with Crippen LogP contribution in [0.3, 0.4) is 0 Å². The van der Waals surface area contributed by atoms with E-state index in [-0.39, 0.29) is 10.2 Å². The molecule has 20 heavy (non-hydrogen) atoms. The summed E-state index contributed by atoms with van der Waals surface area (Å²) in [5.74, 6) is 0.928. The third-order valence-corrected chi connectivity index (χ3v) is 6.00. The minimum atomic E-state index is 0.217. The largest absolute Gasteiger partial charge is 0.494 e. The molecule has 1 aromatic heterocycles. The van der Waals surface area contributed by atoms with E-state index in [0.717, 1.165) is 5.75 Å². The van der Waals surface area contributed by atoms with Crippen molar-refractivity contribution in [1.82, 2.24) is 0 Å². The summed E-state index contributed by atoms with van der Waals surface area (Å²) in [5, 5.41) is 0. The Morgan fingerprint density at radius 2 is 1.75 bits per heavy atom. The van der Waals surface area contributed by atoms with E-state index < -0.39 is 0 Å². The van der Waals surface area contributed by atoms with Gasteiger partial charge in [-0.2, -0.15) is 0 Å². The third-order valence-electron chi connectivity index (χ3n) is 3.10. The molecular weight excluding hydrogens is 332 g/mol. The molecule has 0 saturated heterocycles. The van der Waals surface area contributed by atoms with E-state index in [9.17, 15) is 0 Å². The zero-order chi connectivity index (χ0) is 14.8. The van der Waals surface area contributed by atoms with Crippen molar-refractivity contribution in [2.45, 2.75) is 37.9 Å². The summed E-state index contributed by atoms with van der Waals surface area (Å²) in [4.78, 5) is 3.02. The molecule has 0 radical (unpaired) electrons. The smallest absolute Gasteiger partial charge is 0.119 e. The van der Waals surface area contributed by atoms with Gasteiger partial charge in [-0.3, -0.25) is 0 Å². The van der Waals surface area contributed by atoms with E-state index in [1.54, 1.807) is 0 Å². The van der Waals surface area contributed by atoms with Gasteiger partial charge in [-0.25, -0.2) is 0 Å². The molecule has 0 spiro atoms. The van der Waals surface area contributed by atoms with Crippen LogP contribution in [0.25, 0.3) is 0 Å². The van der Waals surface area contributed by atoms with Crippen molar-refractivity contribution in [2.75, 3.05) is 6.61 Å². The summed E-state index contributed by atoms with van der Waals surface area (Å²) in [6, 6.07) is 12.8. The number of alkyl halides is 1. The number of thiophene rings is 1. The molecule has 1 heterocycles. The monoisotopic (exact) mass is 352 g/mol. The van der Waals surface area contributed by atoms with Gasteiger partial charge in [0.25, 0.3) is 0 Å². The lowest BCUT2D eigenvalue weighted by Gasteiger charge is -2.15. The molecule has 108 valence electrons. The number of rotatable bonds is 4. The summed E-state index contributed by atoms with van der Waals surface area (Å²) in [7, 11) is 0. The Hall–Kier alpha value is -0.800. The molecule has 0 aliphatic rings. The Morgan fingerprint density at radius 1 is 1.10 bits per heavy atom. The van der Waals surface area contributed by atoms with Crippen LogP contribution in [-0.2, 0) is 5.41 Å². The topological polar surface area (TPSA) is 9.23 Å². The molecule has 0 aliphatic carbocycles. The van der Waals surface area contributed by atoms with Crippen molar-refractivity contribution in [3.8, 4) is 5.75 Å². The van der Waals surface area contributed by atoms with Crippen LogP contribution >= 0.6 is 27.3 Å². The molecule has 2 rings (SSSR count). The van der Waals surface area contributed by atoms with Crippen molar-refractivity contribution in [3.63, 3.8) is 0 Å². The van der Waals surface area contributed by atoms with Gasteiger partial charge in [-0.1, -0.05) is 48.8 Å². The van der Waals surface area contributed by atoms with Crippen LogP contribution in [0.1, 0.15) is 47.8 Å². The van der Waals surface area contributed by atoms with Gasteiger partial charge in [0.05, 0.1) is 11.4 Å². The molecule has 2 aromatic rings. The van der Waals surface area contributed by atoms with Gasteiger partial charge < -0.3 is 4.74 Å². The molecule has 1 aromatic carbocycles. The van der Waals surface area contributed by atoms with Crippen molar-refractivity contribution in [1.29, 1.82) is 0 Å². The maximum Gasteiger partial charge on any atom is 0.119 e. The lowest BCUT2D eigenvalue weighted by Crippen LogP contribution is -2.07. The SMILES string of the molecule is CCOc1ccc(C(Br)c2ccc(C(C)(C)C)s2)cc1. The summed E-state index contributed by atoms with van der Waals surface area (Å²) < 4.78 is 5.48. The highest BCUT2D eigenvalue weighted by atomic mass is 79.9. The Bertz CT molecular complexity index is 551. The van der Waals surface area contributed by atoms with Gasteiger partial charge in [0.1, 0.15) is 5.75 Å². The highest BCUT2D eigenvalue weighted by Gasteiger charge is 2.19. The maximum atomic E-state index is 5.48. The normalized spacial score (nSPS) is 13.2. The Labute approximate surface area is 134 Å². The van der Waals surface area contributed by atoms with Crippen LogP contribution in [0.2, 0.25) is 0 Å². The molecule has 0 N–H and O–H groups in total. The highest BCUT2D eigenvalue weighted by molar-refractivity contribution is 9.09. The van der Waals surface area contributed by atoms with E-state index in [2.05, 4.69) is 61.0 Å². The first kappa shape index (κ1) is 15.6. The first-order chi connectivity index (χ1) is 9.41. The fraction of sp³-hybridized carbons (Fsp3) is 0.412. The van der Waals surface area contributed by atoms with Crippen LogP contribution in [0, 0.1) is 0 Å². The fourth-order valence-electron chi connectivity index (χ4n) is 1.96. The molecule has 0 aliphatic heterocycles.